The van der Waals surface area contributed by atoms with Crippen molar-refractivity contribution in [3.8, 4) is 0 Å². The highest BCUT2D eigenvalue weighted by Gasteiger charge is 2.38. The first-order chi connectivity index (χ1) is 10.0. The van der Waals surface area contributed by atoms with Gasteiger partial charge in [0.25, 0.3) is 0 Å². The third-order valence-corrected chi connectivity index (χ3v) is 4.12. The van der Waals surface area contributed by atoms with Gasteiger partial charge in [-0.25, -0.2) is 0 Å². The molecule has 0 saturated heterocycles. The van der Waals surface area contributed by atoms with Gasteiger partial charge in [-0.3, -0.25) is 9.69 Å². The Morgan fingerprint density at radius 3 is 2.29 bits per heavy atom. The van der Waals surface area contributed by atoms with Gasteiger partial charge in [0.2, 0.25) is 0 Å². The number of Topliss-reactive ketones (excluding diaryl/α,β-unsaturated/α-hetero) is 1. The molecule has 0 aliphatic rings. The summed E-state index contributed by atoms with van der Waals surface area (Å²) >= 11 is 0. The number of nitrogens with one attached hydrogen (secondary N) is 1. The Bertz CT molecular complexity index is 443. The summed E-state index contributed by atoms with van der Waals surface area (Å²) in [5, 5.41) is 11.9. The number of rotatable bonds is 9. The number of hydrogen-bond donors (Lipinski definition) is 2. The molecule has 21 heavy (non-hydrogen) atoms. The zero-order valence-corrected chi connectivity index (χ0v) is 13.6. The fourth-order valence-electron chi connectivity index (χ4n) is 2.82. The molecule has 1 aromatic rings. The van der Waals surface area contributed by atoms with E-state index in [0.717, 1.165) is 30.5 Å². The van der Waals surface area contributed by atoms with Crippen LogP contribution < -0.4 is 5.32 Å². The van der Waals surface area contributed by atoms with Gasteiger partial charge >= 0.3 is 0 Å². The molecule has 4 nitrogen and oxygen atoms in total. The SMILES string of the molecule is CCCC(CC)(C(=O)c1ccc(NCCO)cc1)N(C)C. The highest BCUT2D eigenvalue weighted by Crippen LogP contribution is 2.28. The second kappa shape index (κ2) is 8.15. The molecule has 1 unspecified atom stereocenters. The first-order valence-corrected chi connectivity index (χ1v) is 7.68. The van der Waals surface area contributed by atoms with E-state index in [2.05, 4.69) is 24.1 Å². The molecule has 0 radical (unpaired) electrons. The number of nitrogens with zero attached hydrogens (tertiary/aromatic N) is 1. The normalized spacial score (nSPS) is 14.0. The Labute approximate surface area is 128 Å². The summed E-state index contributed by atoms with van der Waals surface area (Å²) in [7, 11) is 3.96. The van der Waals surface area contributed by atoms with Crippen molar-refractivity contribution in [2.24, 2.45) is 0 Å². The average Bonchev–Trinajstić information content (AvgIpc) is 2.50. The van der Waals surface area contributed by atoms with Gasteiger partial charge in [-0.15, -0.1) is 0 Å². The molecule has 0 aliphatic carbocycles. The number of aliphatic hydroxyl groups excluding tert-OH is 1. The van der Waals surface area contributed by atoms with E-state index in [-0.39, 0.29) is 12.4 Å². The summed E-state index contributed by atoms with van der Waals surface area (Å²) in [6.45, 7) is 4.80. The minimum atomic E-state index is -0.422. The van der Waals surface area contributed by atoms with Gasteiger partial charge in [-0.2, -0.15) is 0 Å². The lowest BCUT2D eigenvalue weighted by Crippen LogP contribution is -2.50. The van der Waals surface area contributed by atoms with E-state index in [0.29, 0.717) is 6.54 Å². The molecule has 0 spiro atoms. The van der Waals surface area contributed by atoms with Gasteiger partial charge in [0.05, 0.1) is 12.1 Å². The molecule has 0 aliphatic heterocycles. The lowest BCUT2D eigenvalue weighted by Gasteiger charge is -2.38. The van der Waals surface area contributed by atoms with Crippen molar-refractivity contribution in [2.75, 3.05) is 32.6 Å². The van der Waals surface area contributed by atoms with Crippen LogP contribution >= 0.6 is 0 Å². The molecule has 1 atom stereocenters. The van der Waals surface area contributed by atoms with Crippen molar-refractivity contribution in [3.05, 3.63) is 29.8 Å². The topological polar surface area (TPSA) is 52.6 Å². The number of anilines is 1. The Morgan fingerprint density at radius 2 is 1.86 bits per heavy atom. The quantitative estimate of drug-likeness (QED) is 0.687. The van der Waals surface area contributed by atoms with Crippen LogP contribution in [0.1, 0.15) is 43.5 Å². The van der Waals surface area contributed by atoms with E-state index in [1.165, 1.54) is 0 Å². The van der Waals surface area contributed by atoms with E-state index >= 15 is 0 Å². The molecule has 0 fully saturated rings. The van der Waals surface area contributed by atoms with Crippen LogP contribution in [0.3, 0.4) is 0 Å². The molecule has 0 aromatic heterocycles. The monoisotopic (exact) mass is 292 g/mol. The molecule has 118 valence electrons. The molecule has 0 amide bonds. The van der Waals surface area contributed by atoms with Crippen LogP contribution in [-0.2, 0) is 0 Å². The molecule has 1 aromatic carbocycles. The van der Waals surface area contributed by atoms with Gasteiger partial charge in [-0.1, -0.05) is 20.3 Å². The van der Waals surface area contributed by atoms with Gasteiger partial charge < -0.3 is 10.4 Å². The smallest absolute Gasteiger partial charge is 0.183 e. The molecule has 1 rings (SSSR count). The summed E-state index contributed by atoms with van der Waals surface area (Å²) in [4.78, 5) is 15.0. The number of ketones is 1. The highest BCUT2D eigenvalue weighted by molar-refractivity contribution is 6.03. The van der Waals surface area contributed by atoms with Crippen LogP contribution in [0, 0.1) is 0 Å². The maximum Gasteiger partial charge on any atom is 0.183 e. The summed E-state index contributed by atoms with van der Waals surface area (Å²) < 4.78 is 0. The van der Waals surface area contributed by atoms with E-state index in [9.17, 15) is 4.79 Å². The third kappa shape index (κ3) is 4.05. The van der Waals surface area contributed by atoms with Gasteiger partial charge in [0.15, 0.2) is 5.78 Å². The minimum absolute atomic E-state index is 0.0940. The second-order valence-corrected chi connectivity index (χ2v) is 5.59. The van der Waals surface area contributed by atoms with Gasteiger partial charge in [0.1, 0.15) is 0 Å². The van der Waals surface area contributed by atoms with E-state index < -0.39 is 5.54 Å². The van der Waals surface area contributed by atoms with Crippen LogP contribution in [0.5, 0.6) is 0 Å². The molecular formula is C17H28N2O2. The lowest BCUT2D eigenvalue weighted by molar-refractivity contribution is 0.0640. The maximum atomic E-state index is 13.0. The number of benzene rings is 1. The van der Waals surface area contributed by atoms with E-state index in [1.807, 2.05) is 38.4 Å². The standard InChI is InChI=1S/C17H28N2O2/c1-5-11-17(6-2,19(3)4)16(21)14-7-9-15(10-8-14)18-12-13-20/h7-10,18,20H,5-6,11-13H2,1-4H3. The van der Waals surface area contributed by atoms with Crippen molar-refractivity contribution in [1.29, 1.82) is 0 Å². The van der Waals surface area contributed by atoms with Crippen LogP contribution in [0.25, 0.3) is 0 Å². The summed E-state index contributed by atoms with van der Waals surface area (Å²) in [5.74, 6) is 0.186. The highest BCUT2D eigenvalue weighted by atomic mass is 16.3. The molecule has 0 saturated carbocycles. The largest absolute Gasteiger partial charge is 0.395 e. The van der Waals surface area contributed by atoms with E-state index in [4.69, 9.17) is 5.11 Å². The van der Waals surface area contributed by atoms with Gasteiger partial charge in [-0.05, 0) is 51.2 Å². The summed E-state index contributed by atoms with van der Waals surface area (Å²) in [5.41, 5.74) is 1.24. The molecule has 0 heterocycles. The average molecular weight is 292 g/mol. The first kappa shape index (κ1) is 17.7. The predicted octanol–water partition coefficient (Wildman–Crippen LogP) is 2.78. The Balaban J connectivity index is 2.98. The van der Waals surface area contributed by atoms with Gasteiger partial charge in [0, 0.05) is 17.8 Å². The number of hydrogen-bond acceptors (Lipinski definition) is 4. The lowest BCUT2D eigenvalue weighted by atomic mass is 9.81. The Morgan fingerprint density at radius 1 is 1.24 bits per heavy atom. The van der Waals surface area contributed by atoms with Crippen molar-refractivity contribution in [2.45, 2.75) is 38.6 Å². The fraction of sp³-hybridized carbons (Fsp3) is 0.588. The molecule has 0 bridgehead atoms. The zero-order valence-electron chi connectivity index (χ0n) is 13.6. The van der Waals surface area contributed by atoms with E-state index in [1.54, 1.807) is 0 Å². The predicted molar refractivity (Wildman–Crippen MR) is 88.0 cm³/mol. The Kier molecular flexibility index (Phi) is 6.85. The zero-order chi connectivity index (χ0) is 15.9. The number of aliphatic hydroxyl groups is 1. The van der Waals surface area contributed by atoms with Crippen molar-refractivity contribution < 1.29 is 9.90 Å². The molecule has 2 N–H and O–H groups in total. The molecule has 4 heteroatoms. The molecular weight excluding hydrogens is 264 g/mol. The van der Waals surface area contributed by atoms with Crippen molar-refractivity contribution >= 4 is 11.5 Å². The van der Waals surface area contributed by atoms with Crippen LogP contribution in [0.15, 0.2) is 24.3 Å². The first-order valence-electron chi connectivity index (χ1n) is 7.68. The third-order valence-electron chi connectivity index (χ3n) is 4.12. The number of carbonyl (C=O) groups is 1. The van der Waals surface area contributed by atoms with Crippen LogP contribution in [-0.4, -0.2) is 48.6 Å². The fourth-order valence-corrected chi connectivity index (χ4v) is 2.82. The maximum absolute atomic E-state index is 13.0. The summed E-state index contributed by atoms with van der Waals surface area (Å²) in [6, 6.07) is 7.52. The number of carbonyl (C=O) groups excluding carboxylic acids is 1. The Hall–Kier alpha value is -1.39. The van der Waals surface area contributed by atoms with Crippen molar-refractivity contribution in [1.82, 2.24) is 4.90 Å². The van der Waals surface area contributed by atoms with Crippen LogP contribution in [0.4, 0.5) is 5.69 Å². The van der Waals surface area contributed by atoms with Crippen LogP contribution in [0.2, 0.25) is 0 Å². The second-order valence-electron chi connectivity index (χ2n) is 5.59. The minimum Gasteiger partial charge on any atom is -0.395 e. The number of likely N-dealkylation sites (N-methyl/N-ethyl adjacent to an activating group) is 1. The van der Waals surface area contributed by atoms with Crippen molar-refractivity contribution in [3.63, 3.8) is 0 Å². The summed E-state index contributed by atoms with van der Waals surface area (Å²) in [6.07, 6.45) is 2.64.